The minimum atomic E-state index is -0.591. The summed E-state index contributed by atoms with van der Waals surface area (Å²) in [6.45, 7) is 5.76. The number of carbonyl (C=O) groups is 1. The molecule has 17 heavy (non-hydrogen) atoms. The van der Waals surface area contributed by atoms with E-state index >= 15 is 0 Å². The summed E-state index contributed by atoms with van der Waals surface area (Å²) in [7, 11) is 0. The summed E-state index contributed by atoms with van der Waals surface area (Å²) >= 11 is 0. The van der Waals surface area contributed by atoms with Gasteiger partial charge in [-0.3, -0.25) is 4.79 Å². The second-order valence-electron chi connectivity index (χ2n) is 6.19. The highest BCUT2D eigenvalue weighted by atomic mass is 16.5. The fraction of sp³-hybridized carbons (Fsp3) is 0.929. The molecule has 0 bridgehead atoms. The zero-order valence-corrected chi connectivity index (χ0v) is 10.9. The zero-order chi connectivity index (χ0) is 12.5. The van der Waals surface area contributed by atoms with E-state index in [1.807, 2.05) is 0 Å². The van der Waals surface area contributed by atoms with Gasteiger partial charge in [0, 0.05) is 13.2 Å². The molecule has 98 valence electrons. The van der Waals surface area contributed by atoms with Gasteiger partial charge < -0.3 is 9.84 Å². The van der Waals surface area contributed by atoms with Crippen LogP contribution in [-0.4, -0.2) is 24.3 Å². The molecule has 0 aromatic rings. The van der Waals surface area contributed by atoms with Gasteiger partial charge in [-0.2, -0.15) is 0 Å². The Hall–Kier alpha value is -0.570. The molecule has 0 radical (unpaired) electrons. The standard InChI is InChI=1S/C14H24O3/c1-10-7-11(2)9-12(8-10)14(13(15)16)3-5-17-6-4-14/h10-12H,3-9H2,1-2H3,(H,15,16). The van der Waals surface area contributed by atoms with Gasteiger partial charge in [0.2, 0.25) is 0 Å². The van der Waals surface area contributed by atoms with Gasteiger partial charge >= 0.3 is 5.97 Å². The van der Waals surface area contributed by atoms with Crippen molar-refractivity contribution in [3.63, 3.8) is 0 Å². The van der Waals surface area contributed by atoms with Gasteiger partial charge in [-0.15, -0.1) is 0 Å². The van der Waals surface area contributed by atoms with Crippen LogP contribution in [0, 0.1) is 23.2 Å². The Morgan fingerprint density at radius 2 is 1.65 bits per heavy atom. The highest BCUT2D eigenvalue weighted by molar-refractivity contribution is 5.75. The second kappa shape index (κ2) is 4.97. The third-order valence-corrected chi connectivity index (χ3v) is 4.77. The number of ether oxygens (including phenoxy) is 1. The van der Waals surface area contributed by atoms with Crippen molar-refractivity contribution in [1.29, 1.82) is 0 Å². The van der Waals surface area contributed by atoms with Crippen LogP contribution in [0.25, 0.3) is 0 Å². The van der Waals surface area contributed by atoms with Gasteiger partial charge in [0.25, 0.3) is 0 Å². The molecule has 2 atom stereocenters. The monoisotopic (exact) mass is 240 g/mol. The summed E-state index contributed by atoms with van der Waals surface area (Å²) in [4.78, 5) is 11.7. The Labute approximate surface area is 104 Å². The molecule has 1 saturated heterocycles. The van der Waals surface area contributed by atoms with Crippen molar-refractivity contribution in [2.45, 2.75) is 46.0 Å². The lowest BCUT2D eigenvalue weighted by molar-refractivity contribution is -0.162. The van der Waals surface area contributed by atoms with Crippen LogP contribution in [0.5, 0.6) is 0 Å². The van der Waals surface area contributed by atoms with Gasteiger partial charge in [-0.05, 0) is 49.9 Å². The van der Waals surface area contributed by atoms with Crippen LogP contribution in [0.2, 0.25) is 0 Å². The van der Waals surface area contributed by atoms with Gasteiger partial charge in [-0.25, -0.2) is 0 Å². The molecule has 1 heterocycles. The average Bonchev–Trinajstić information content (AvgIpc) is 2.28. The van der Waals surface area contributed by atoms with Crippen LogP contribution in [0.3, 0.4) is 0 Å². The molecule has 2 rings (SSSR count). The molecule has 1 aliphatic heterocycles. The highest BCUT2D eigenvalue weighted by Crippen LogP contribution is 2.48. The molecule has 3 nitrogen and oxygen atoms in total. The van der Waals surface area contributed by atoms with Gasteiger partial charge in [0.1, 0.15) is 0 Å². The van der Waals surface area contributed by atoms with E-state index in [9.17, 15) is 9.90 Å². The molecule has 0 spiro atoms. The Morgan fingerprint density at radius 1 is 1.12 bits per heavy atom. The van der Waals surface area contributed by atoms with E-state index in [1.165, 1.54) is 6.42 Å². The van der Waals surface area contributed by atoms with Crippen LogP contribution in [0.15, 0.2) is 0 Å². The lowest BCUT2D eigenvalue weighted by Gasteiger charge is -2.44. The van der Waals surface area contributed by atoms with Gasteiger partial charge in [-0.1, -0.05) is 13.8 Å². The van der Waals surface area contributed by atoms with Crippen molar-refractivity contribution in [3.8, 4) is 0 Å². The van der Waals surface area contributed by atoms with Crippen molar-refractivity contribution in [3.05, 3.63) is 0 Å². The third kappa shape index (κ3) is 2.49. The third-order valence-electron chi connectivity index (χ3n) is 4.77. The molecule has 3 heteroatoms. The first kappa shape index (κ1) is 12.9. The van der Waals surface area contributed by atoms with Crippen LogP contribution in [0.4, 0.5) is 0 Å². The molecule has 1 aliphatic carbocycles. The summed E-state index contributed by atoms with van der Waals surface area (Å²) in [5, 5.41) is 9.66. The number of hydrogen-bond donors (Lipinski definition) is 1. The van der Waals surface area contributed by atoms with Crippen LogP contribution >= 0.6 is 0 Å². The number of carboxylic acids is 1. The lowest BCUT2D eigenvalue weighted by Crippen LogP contribution is -2.45. The molecule has 2 unspecified atom stereocenters. The van der Waals surface area contributed by atoms with Crippen molar-refractivity contribution in [1.82, 2.24) is 0 Å². The minimum Gasteiger partial charge on any atom is -0.481 e. The number of carboxylic acid groups (broad SMARTS) is 1. The van der Waals surface area contributed by atoms with E-state index in [0.717, 1.165) is 12.8 Å². The predicted molar refractivity (Wildman–Crippen MR) is 65.8 cm³/mol. The molecule has 0 aromatic carbocycles. The quantitative estimate of drug-likeness (QED) is 0.807. The Bertz CT molecular complexity index is 271. The summed E-state index contributed by atoms with van der Waals surface area (Å²) < 4.78 is 5.36. The van der Waals surface area contributed by atoms with Crippen molar-refractivity contribution in [2.75, 3.05) is 13.2 Å². The maximum absolute atomic E-state index is 11.7. The number of aliphatic carboxylic acids is 1. The van der Waals surface area contributed by atoms with E-state index < -0.39 is 11.4 Å². The Kier molecular flexibility index (Phi) is 3.76. The van der Waals surface area contributed by atoms with E-state index in [-0.39, 0.29) is 0 Å². The summed E-state index contributed by atoms with van der Waals surface area (Å²) in [5.74, 6) is 1.10. The van der Waals surface area contributed by atoms with Crippen LogP contribution in [-0.2, 0) is 9.53 Å². The van der Waals surface area contributed by atoms with E-state index in [4.69, 9.17) is 4.74 Å². The first-order valence-electron chi connectivity index (χ1n) is 6.86. The highest BCUT2D eigenvalue weighted by Gasteiger charge is 2.48. The van der Waals surface area contributed by atoms with E-state index in [0.29, 0.717) is 43.8 Å². The van der Waals surface area contributed by atoms with E-state index in [1.54, 1.807) is 0 Å². The molecule has 0 aromatic heterocycles. The van der Waals surface area contributed by atoms with Gasteiger partial charge in [0.05, 0.1) is 5.41 Å². The fourth-order valence-corrected chi connectivity index (χ4v) is 3.93. The summed E-state index contributed by atoms with van der Waals surface area (Å²) in [6.07, 6.45) is 4.81. The first-order chi connectivity index (χ1) is 8.04. The van der Waals surface area contributed by atoms with Crippen LogP contribution in [0.1, 0.15) is 46.0 Å². The summed E-state index contributed by atoms with van der Waals surface area (Å²) in [5.41, 5.74) is -0.499. The van der Waals surface area contributed by atoms with Crippen molar-refractivity contribution in [2.24, 2.45) is 23.2 Å². The number of rotatable bonds is 2. The van der Waals surface area contributed by atoms with E-state index in [2.05, 4.69) is 13.8 Å². The largest absolute Gasteiger partial charge is 0.481 e. The molecule has 0 amide bonds. The predicted octanol–water partition coefficient (Wildman–Crippen LogP) is 2.94. The first-order valence-corrected chi connectivity index (χ1v) is 6.86. The maximum atomic E-state index is 11.7. The maximum Gasteiger partial charge on any atom is 0.310 e. The Balaban J connectivity index is 2.17. The zero-order valence-electron chi connectivity index (χ0n) is 10.9. The normalized spacial score (nSPS) is 37.6. The summed E-state index contributed by atoms with van der Waals surface area (Å²) in [6, 6.07) is 0. The average molecular weight is 240 g/mol. The van der Waals surface area contributed by atoms with Gasteiger partial charge in [0.15, 0.2) is 0 Å². The smallest absolute Gasteiger partial charge is 0.310 e. The Morgan fingerprint density at radius 3 is 2.12 bits per heavy atom. The lowest BCUT2D eigenvalue weighted by atomic mass is 9.61. The van der Waals surface area contributed by atoms with Crippen molar-refractivity contribution >= 4 is 5.97 Å². The molecule has 1 saturated carbocycles. The molecule has 2 fully saturated rings. The van der Waals surface area contributed by atoms with Crippen LogP contribution < -0.4 is 0 Å². The van der Waals surface area contributed by atoms with Crippen molar-refractivity contribution < 1.29 is 14.6 Å². The molecule has 1 N–H and O–H groups in total. The SMILES string of the molecule is CC1CC(C)CC(C2(C(=O)O)CCOCC2)C1. The topological polar surface area (TPSA) is 46.5 Å². The molecular weight excluding hydrogens is 216 g/mol. The fourth-order valence-electron chi connectivity index (χ4n) is 3.93. The second-order valence-corrected chi connectivity index (χ2v) is 6.19. The molecular formula is C14H24O3. The minimum absolute atomic E-state index is 0.350. The number of hydrogen-bond acceptors (Lipinski definition) is 2. The molecule has 2 aliphatic rings.